The molecule has 1 aliphatic rings. The van der Waals surface area contributed by atoms with Gasteiger partial charge in [0.15, 0.2) is 0 Å². The second-order valence-electron chi connectivity index (χ2n) is 7.62. The maximum absolute atomic E-state index is 13.0. The third-order valence-electron chi connectivity index (χ3n) is 5.38. The zero-order chi connectivity index (χ0) is 23.1. The maximum Gasteiger partial charge on any atom is 0.295 e. The van der Waals surface area contributed by atoms with Gasteiger partial charge in [-0.15, -0.1) is 0 Å². The van der Waals surface area contributed by atoms with Crippen LogP contribution in [-0.4, -0.2) is 48.6 Å². The van der Waals surface area contributed by atoms with Gasteiger partial charge in [-0.05, 0) is 48.4 Å². The molecule has 0 saturated carbocycles. The van der Waals surface area contributed by atoms with Gasteiger partial charge in [-0.2, -0.15) is 0 Å². The van der Waals surface area contributed by atoms with Crippen LogP contribution in [0.25, 0.3) is 5.76 Å². The van der Waals surface area contributed by atoms with Crippen LogP contribution in [0.4, 0.5) is 0 Å². The normalized spacial score (nSPS) is 17.7. The molecular formula is C25H28ClNO5. The smallest absolute Gasteiger partial charge is 0.295 e. The van der Waals surface area contributed by atoms with E-state index in [0.717, 1.165) is 19.3 Å². The Labute approximate surface area is 193 Å². The Balaban J connectivity index is 2.02. The minimum Gasteiger partial charge on any atom is -0.507 e. The number of halogens is 1. The van der Waals surface area contributed by atoms with Crippen LogP contribution in [0.5, 0.6) is 5.75 Å². The first-order valence-electron chi connectivity index (χ1n) is 10.7. The van der Waals surface area contributed by atoms with E-state index in [9.17, 15) is 14.7 Å². The van der Waals surface area contributed by atoms with Crippen molar-refractivity contribution in [2.24, 2.45) is 0 Å². The standard InChI is InChI=1S/C25H28ClNO5/c1-3-4-5-14-32-20-8-6-7-18(16-20)22-21(23(28)17-9-11-19(26)12-10-17)24(29)25(30)27(22)13-15-31-2/h6-12,16,22,28H,3-5,13-15H2,1-2H3/b23-21+. The van der Waals surface area contributed by atoms with Gasteiger partial charge in [0.1, 0.15) is 11.5 Å². The van der Waals surface area contributed by atoms with Crippen molar-refractivity contribution in [1.29, 1.82) is 0 Å². The van der Waals surface area contributed by atoms with Crippen LogP contribution in [0.2, 0.25) is 5.02 Å². The molecule has 7 heteroatoms. The van der Waals surface area contributed by atoms with Gasteiger partial charge in [-0.1, -0.05) is 43.5 Å². The van der Waals surface area contributed by atoms with Gasteiger partial charge in [0.2, 0.25) is 0 Å². The van der Waals surface area contributed by atoms with E-state index in [4.69, 9.17) is 21.1 Å². The second kappa shape index (κ2) is 11.2. The van der Waals surface area contributed by atoms with Crippen molar-refractivity contribution >= 4 is 29.1 Å². The lowest BCUT2D eigenvalue weighted by Crippen LogP contribution is -2.32. The van der Waals surface area contributed by atoms with Crippen molar-refractivity contribution < 1.29 is 24.2 Å². The number of rotatable bonds is 10. The first-order valence-corrected chi connectivity index (χ1v) is 11.1. The number of carbonyl (C=O) groups excluding carboxylic acids is 2. The zero-order valence-corrected chi connectivity index (χ0v) is 19.1. The topological polar surface area (TPSA) is 76.1 Å². The Morgan fingerprint density at radius 1 is 1.09 bits per heavy atom. The van der Waals surface area contributed by atoms with Gasteiger partial charge >= 0.3 is 0 Å². The third-order valence-corrected chi connectivity index (χ3v) is 5.64. The molecule has 0 bridgehead atoms. The van der Waals surface area contributed by atoms with Crippen LogP contribution in [0, 0.1) is 0 Å². The van der Waals surface area contributed by atoms with Gasteiger partial charge in [-0.25, -0.2) is 0 Å². The van der Waals surface area contributed by atoms with Gasteiger partial charge in [0, 0.05) is 24.2 Å². The lowest BCUT2D eigenvalue weighted by Gasteiger charge is -2.25. The first-order chi connectivity index (χ1) is 15.5. The van der Waals surface area contributed by atoms with E-state index in [0.29, 0.717) is 28.5 Å². The van der Waals surface area contributed by atoms with Crippen molar-refractivity contribution in [2.45, 2.75) is 32.2 Å². The number of hydrogen-bond acceptors (Lipinski definition) is 5. The quantitative estimate of drug-likeness (QED) is 0.236. The summed E-state index contributed by atoms with van der Waals surface area (Å²) >= 11 is 5.96. The van der Waals surface area contributed by atoms with Crippen LogP contribution in [-0.2, 0) is 14.3 Å². The Morgan fingerprint density at radius 2 is 1.84 bits per heavy atom. The van der Waals surface area contributed by atoms with Crippen molar-refractivity contribution in [1.82, 2.24) is 4.90 Å². The van der Waals surface area contributed by atoms with Gasteiger partial charge < -0.3 is 19.5 Å². The number of aliphatic hydroxyl groups excluding tert-OH is 1. The van der Waals surface area contributed by atoms with Crippen molar-refractivity contribution in [3.05, 3.63) is 70.3 Å². The molecule has 0 spiro atoms. The highest BCUT2D eigenvalue weighted by Crippen LogP contribution is 2.40. The number of ether oxygens (including phenoxy) is 2. The van der Waals surface area contributed by atoms with Crippen molar-refractivity contribution in [3.63, 3.8) is 0 Å². The summed E-state index contributed by atoms with van der Waals surface area (Å²) in [5.74, 6) is -0.980. The molecule has 170 valence electrons. The molecule has 1 aliphatic heterocycles. The number of nitrogens with zero attached hydrogens (tertiary/aromatic N) is 1. The molecule has 0 aliphatic carbocycles. The van der Waals surface area contributed by atoms with E-state index in [1.165, 1.54) is 12.0 Å². The molecule has 1 fully saturated rings. The number of methoxy groups -OCH3 is 1. The van der Waals surface area contributed by atoms with Crippen molar-refractivity contribution in [3.8, 4) is 5.75 Å². The highest BCUT2D eigenvalue weighted by molar-refractivity contribution is 6.46. The molecule has 1 amide bonds. The van der Waals surface area contributed by atoms with Crippen LogP contribution in [0.1, 0.15) is 43.4 Å². The number of hydrogen-bond donors (Lipinski definition) is 1. The summed E-state index contributed by atoms with van der Waals surface area (Å²) in [5, 5.41) is 11.5. The molecule has 1 unspecified atom stereocenters. The Kier molecular flexibility index (Phi) is 8.31. The lowest BCUT2D eigenvalue weighted by atomic mass is 9.95. The molecule has 2 aromatic rings. The number of unbranched alkanes of at least 4 members (excludes halogenated alkanes) is 2. The summed E-state index contributed by atoms with van der Waals surface area (Å²) in [6.07, 6.45) is 3.13. The summed E-state index contributed by atoms with van der Waals surface area (Å²) in [6, 6.07) is 13.0. The zero-order valence-electron chi connectivity index (χ0n) is 18.3. The molecule has 2 aromatic carbocycles. The molecule has 0 radical (unpaired) electrons. The molecule has 1 heterocycles. The highest BCUT2D eigenvalue weighted by Gasteiger charge is 2.46. The molecular weight excluding hydrogens is 430 g/mol. The molecule has 6 nitrogen and oxygen atoms in total. The largest absolute Gasteiger partial charge is 0.507 e. The fraction of sp³-hybridized carbons (Fsp3) is 0.360. The summed E-state index contributed by atoms with van der Waals surface area (Å²) in [4.78, 5) is 27.2. The van der Waals surface area contributed by atoms with E-state index in [1.54, 1.807) is 24.3 Å². The summed E-state index contributed by atoms with van der Waals surface area (Å²) in [7, 11) is 1.53. The van der Waals surface area contributed by atoms with E-state index < -0.39 is 17.7 Å². The third kappa shape index (κ3) is 5.31. The molecule has 3 rings (SSSR count). The fourth-order valence-corrected chi connectivity index (χ4v) is 3.85. The minimum absolute atomic E-state index is 0.0385. The molecule has 1 saturated heterocycles. The van der Waals surface area contributed by atoms with E-state index >= 15 is 0 Å². The lowest BCUT2D eigenvalue weighted by molar-refractivity contribution is -0.140. The molecule has 1 N–H and O–H groups in total. The molecule has 0 aromatic heterocycles. The highest BCUT2D eigenvalue weighted by atomic mass is 35.5. The summed E-state index contributed by atoms with van der Waals surface area (Å²) < 4.78 is 11.0. The Hall–Kier alpha value is -2.83. The van der Waals surface area contributed by atoms with E-state index in [1.807, 2.05) is 24.3 Å². The minimum atomic E-state index is -0.750. The van der Waals surface area contributed by atoms with E-state index in [2.05, 4.69) is 6.92 Å². The number of Topliss-reactive ketones (excluding diaryl/α,β-unsaturated/α-hetero) is 1. The predicted molar refractivity (Wildman–Crippen MR) is 124 cm³/mol. The maximum atomic E-state index is 13.0. The number of benzene rings is 2. The average molecular weight is 458 g/mol. The van der Waals surface area contributed by atoms with Crippen molar-refractivity contribution in [2.75, 3.05) is 26.9 Å². The van der Waals surface area contributed by atoms with Crippen LogP contribution >= 0.6 is 11.6 Å². The molecule has 1 atom stereocenters. The predicted octanol–water partition coefficient (Wildman–Crippen LogP) is 4.98. The Morgan fingerprint density at radius 3 is 2.53 bits per heavy atom. The van der Waals surface area contributed by atoms with E-state index in [-0.39, 0.29) is 24.5 Å². The number of amides is 1. The number of ketones is 1. The monoisotopic (exact) mass is 457 g/mol. The summed E-state index contributed by atoms with van der Waals surface area (Å²) in [6.45, 7) is 3.19. The average Bonchev–Trinajstić information content (AvgIpc) is 3.05. The molecule has 32 heavy (non-hydrogen) atoms. The van der Waals surface area contributed by atoms with Gasteiger partial charge in [0.05, 0.1) is 24.8 Å². The van der Waals surface area contributed by atoms with Crippen LogP contribution < -0.4 is 4.74 Å². The second-order valence-corrected chi connectivity index (χ2v) is 8.06. The summed E-state index contributed by atoms with van der Waals surface area (Å²) in [5.41, 5.74) is 1.14. The first kappa shape index (κ1) is 23.8. The SMILES string of the molecule is CCCCCOc1cccc(C2/C(=C(\O)c3ccc(Cl)cc3)C(=O)C(=O)N2CCOC)c1. The number of carbonyl (C=O) groups is 2. The van der Waals surface area contributed by atoms with Crippen LogP contribution in [0.3, 0.4) is 0 Å². The van der Waals surface area contributed by atoms with Crippen LogP contribution in [0.15, 0.2) is 54.1 Å². The van der Waals surface area contributed by atoms with Gasteiger partial charge in [-0.3, -0.25) is 9.59 Å². The van der Waals surface area contributed by atoms with Gasteiger partial charge in [0.25, 0.3) is 11.7 Å². The number of likely N-dealkylation sites (tertiary alicyclic amines) is 1. The number of aliphatic hydroxyl groups is 1. The Bertz CT molecular complexity index is 986. The fourth-order valence-electron chi connectivity index (χ4n) is 3.73.